The third-order valence-corrected chi connectivity index (χ3v) is 6.82. The van der Waals surface area contributed by atoms with Crippen LogP contribution in [-0.2, 0) is 13.5 Å². The molecule has 0 N–H and O–H groups in total. The maximum atomic E-state index is 15.1. The van der Waals surface area contributed by atoms with Crippen molar-refractivity contribution in [2.75, 3.05) is 0 Å². The summed E-state index contributed by atoms with van der Waals surface area (Å²) in [5.41, 5.74) is 4.18. The third-order valence-electron chi connectivity index (χ3n) is 6.82. The first-order chi connectivity index (χ1) is 18.6. The molecule has 3 heterocycles. The van der Waals surface area contributed by atoms with Crippen LogP contribution in [0.3, 0.4) is 0 Å². The number of carbonyl (C=O) groups excluding carboxylic acids is 1. The van der Waals surface area contributed by atoms with Gasteiger partial charge < -0.3 is 9.30 Å². The number of fused-ring (bicyclic) bond motifs is 1. The molecule has 3 aromatic heterocycles. The minimum absolute atomic E-state index is 0.0139. The lowest BCUT2D eigenvalue weighted by atomic mass is 9.97. The standard InChI is InChI=1S/C31H25F2N3O3/c1-17-13-25-30(35-18(17)2)28(11-12-34-25)39-27-10-5-20(14-24(27)33)15-26(37)29-19(3)36(4)16-23(31(29)38)21-6-8-22(32)9-7-21/h5-14,16H,15H2,1-4H3. The molecule has 5 aromatic rings. The highest BCUT2D eigenvalue weighted by Gasteiger charge is 2.20. The van der Waals surface area contributed by atoms with Crippen molar-refractivity contribution >= 4 is 16.8 Å². The SMILES string of the molecule is Cc1cc2nccc(Oc3ccc(CC(=O)c4c(C)n(C)cc(-c5ccc(F)cc5)c4=O)cc3F)c2nc1C. The Morgan fingerprint density at radius 2 is 1.72 bits per heavy atom. The van der Waals surface area contributed by atoms with Gasteiger partial charge in [-0.3, -0.25) is 14.6 Å². The van der Waals surface area contributed by atoms with Crippen molar-refractivity contribution in [3.05, 3.63) is 117 Å². The monoisotopic (exact) mass is 525 g/mol. The van der Waals surface area contributed by atoms with Gasteiger partial charge in [0.1, 0.15) is 11.3 Å². The first-order valence-electron chi connectivity index (χ1n) is 12.3. The molecule has 5 rings (SSSR count). The number of Topliss-reactive ketones (excluding diaryl/α,β-unsaturated/α-hetero) is 1. The molecular weight excluding hydrogens is 500 g/mol. The summed E-state index contributed by atoms with van der Waals surface area (Å²) in [5.74, 6) is -1.18. The Morgan fingerprint density at radius 3 is 2.44 bits per heavy atom. The molecule has 0 saturated heterocycles. The Balaban J connectivity index is 1.43. The molecule has 0 aliphatic carbocycles. The number of benzene rings is 2. The van der Waals surface area contributed by atoms with Gasteiger partial charge in [0.2, 0.25) is 0 Å². The van der Waals surface area contributed by atoms with Crippen LogP contribution in [0, 0.1) is 32.4 Å². The average molecular weight is 526 g/mol. The van der Waals surface area contributed by atoms with E-state index in [0.717, 1.165) is 11.3 Å². The molecule has 0 aliphatic rings. The lowest BCUT2D eigenvalue weighted by Crippen LogP contribution is -2.23. The number of aryl methyl sites for hydroxylation is 3. The van der Waals surface area contributed by atoms with Crippen molar-refractivity contribution < 1.29 is 18.3 Å². The van der Waals surface area contributed by atoms with Crippen LogP contribution in [-0.4, -0.2) is 20.3 Å². The summed E-state index contributed by atoms with van der Waals surface area (Å²) >= 11 is 0. The third kappa shape index (κ3) is 5.05. The molecule has 0 saturated carbocycles. The highest BCUT2D eigenvalue weighted by Crippen LogP contribution is 2.31. The van der Waals surface area contributed by atoms with E-state index in [9.17, 15) is 14.0 Å². The summed E-state index contributed by atoms with van der Waals surface area (Å²) in [6.45, 7) is 5.49. The molecule has 0 amide bonds. The molecular formula is C31H25F2N3O3. The van der Waals surface area contributed by atoms with Crippen molar-refractivity contribution in [3.8, 4) is 22.6 Å². The zero-order chi connectivity index (χ0) is 27.8. The normalized spacial score (nSPS) is 11.1. The molecule has 8 heteroatoms. The van der Waals surface area contributed by atoms with Crippen LogP contribution in [0.5, 0.6) is 11.5 Å². The Labute approximate surface area is 223 Å². The Hall–Kier alpha value is -4.72. The number of ether oxygens (including phenoxy) is 1. The number of halogens is 2. The summed E-state index contributed by atoms with van der Waals surface area (Å²) < 4.78 is 36.0. The van der Waals surface area contributed by atoms with Gasteiger partial charge in [-0.2, -0.15) is 0 Å². The Morgan fingerprint density at radius 1 is 0.974 bits per heavy atom. The van der Waals surface area contributed by atoms with Gasteiger partial charge in [-0.05, 0) is 67.8 Å². The van der Waals surface area contributed by atoms with E-state index in [1.807, 2.05) is 19.9 Å². The fourth-order valence-corrected chi connectivity index (χ4v) is 4.43. The van der Waals surface area contributed by atoms with Gasteiger partial charge in [0.15, 0.2) is 28.5 Å². The maximum Gasteiger partial charge on any atom is 0.200 e. The zero-order valence-corrected chi connectivity index (χ0v) is 21.9. The zero-order valence-electron chi connectivity index (χ0n) is 21.9. The molecule has 0 radical (unpaired) electrons. The molecule has 39 heavy (non-hydrogen) atoms. The Bertz CT molecular complexity index is 1810. The molecule has 6 nitrogen and oxygen atoms in total. The molecule has 0 unspecified atom stereocenters. The first kappa shape index (κ1) is 25.9. The van der Waals surface area contributed by atoms with Crippen LogP contribution >= 0.6 is 0 Å². The smallest absolute Gasteiger partial charge is 0.200 e. The largest absolute Gasteiger partial charge is 0.452 e. The summed E-state index contributed by atoms with van der Waals surface area (Å²) in [5, 5.41) is 0. The quantitative estimate of drug-likeness (QED) is 0.239. The number of hydrogen-bond acceptors (Lipinski definition) is 5. The van der Waals surface area contributed by atoms with E-state index in [-0.39, 0.29) is 23.3 Å². The average Bonchev–Trinajstić information content (AvgIpc) is 2.89. The van der Waals surface area contributed by atoms with Crippen LogP contribution in [0.1, 0.15) is 32.9 Å². The molecule has 196 valence electrons. The first-order valence-corrected chi connectivity index (χ1v) is 12.3. The van der Waals surface area contributed by atoms with Crippen LogP contribution in [0.4, 0.5) is 8.78 Å². The summed E-state index contributed by atoms with van der Waals surface area (Å²) in [7, 11) is 1.73. The van der Waals surface area contributed by atoms with Crippen molar-refractivity contribution in [1.29, 1.82) is 0 Å². The summed E-state index contributed by atoms with van der Waals surface area (Å²) in [4.78, 5) is 35.5. The number of ketones is 1. The van der Waals surface area contributed by atoms with E-state index >= 15 is 4.39 Å². The second-order valence-corrected chi connectivity index (χ2v) is 9.48. The van der Waals surface area contributed by atoms with Gasteiger partial charge in [0, 0.05) is 48.9 Å². The highest BCUT2D eigenvalue weighted by atomic mass is 19.1. The van der Waals surface area contributed by atoms with E-state index in [0.29, 0.717) is 33.6 Å². The molecule has 0 spiro atoms. The van der Waals surface area contributed by atoms with Gasteiger partial charge in [-0.25, -0.2) is 13.8 Å². The number of pyridine rings is 3. The number of aromatic nitrogens is 3. The maximum absolute atomic E-state index is 15.1. The van der Waals surface area contributed by atoms with E-state index in [1.54, 1.807) is 43.1 Å². The fourth-order valence-electron chi connectivity index (χ4n) is 4.43. The summed E-state index contributed by atoms with van der Waals surface area (Å²) in [6, 6.07) is 13.3. The predicted octanol–water partition coefficient (Wildman–Crippen LogP) is 6.42. The van der Waals surface area contributed by atoms with Crippen LogP contribution in [0.2, 0.25) is 0 Å². The number of hydrogen-bond donors (Lipinski definition) is 0. The van der Waals surface area contributed by atoms with Crippen LogP contribution < -0.4 is 10.2 Å². The number of rotatable bonds is 6. The van der Waals surface area contributed by atoms with Crippen molar-refractivity contribution in [2.24, 2.45) is 7.05 Å². The number of nitrogens with zero attached hydrogens (tertiary/aromatic N) is 3. The fraction of sp³-hybridized carbons (Fsp3) is 0.161. The molecule has 0 bridgehead atoms. The van der Waals surface area contributed by atoms with Crippen molar-refractivity contribution in [2.45, 2.75) is 27.2 Å². The minimum atomic E-state index is -0.654. The van der Waals surface area contributed by atoms with Gasteiger partial charge >= 0.3 is 0 Å². The number of carbonyl (C=O) groups is 1. The molecule has 2 aromatic carbocycles. The predicted molar refractivity (Wildman–Crippen MR) is 145 cm³/mol. The second-order valence-electron chi connectivity index (χ2n) is 9.48. The van der Waals surface area contributed by atoms with Gasteiger partial charge in [0.25, 0.3) is 0 Å². The molecule has 0 fully saturated rings. The second kappa shape index (κ2) is 10.2. The van der Waals surface area contributed by atoms with Crippen molar-refractivity contribution in [1.82, 2.24) is 14.5 Å². The molecule has 0 aliphatic heterocycles. The topological polar surface area (TPSA) is 74.1 Å². The van der Waals surface area contributed by atoms with Crippen LogP contribution in [0.15, 0.2) is 71.8 Å². The van der Waals surface area contributed by atoms with E-state index in [4.69, 9.17) is 4.74 Å². The van der Waals surface area contributed by atoms with Gasteiger partial charge in [0.05, 0.1) is 11.1 Å². The van der Waals surface area contributed by atoms with Gasteiger partial charge in [-0.1, -0.05) is 18.2 Å². The summed E-state index contributed by atoms with van der Waals surface area (Å²) in [6.07, 6.45) is 3.01. The molecule has 0 atom stereocenters. The van der Waals surface area contributed by atoms with E-state index < -0.39 is 22.8 Å². The van der Waals surface area contributed by atoms with Crippen LogP contribution in [0.25, 0.3) is 22.2 Å². The highest BCUT2D eigenvalue weighted by molar-refractivity contribution is 5.99. The minimum Gasteiger partial charge on any atom is -0.452 e. The van der Waals surface area contributed by atoms with Crippen molar-refractivity contribution in [3.63, 3.8) is 0 Å². The van der Waals surface area contributed by atoms with E-state index in [1.165, 1.54) is 36.4 Å². The lowest BCUT2D eigenvalue weighted by molar-refractivity contribution is 0.0990. The Kier molecular flexibility index (Phi) is 6.78. The van der Waals surface area contributed by atoms with Gasteiger partial charge in [-0.15, -0.1) is 0 Å². The van der Waals surface area contributed by atoms with E-state index in [2.05, 4.69) is 9.97 Å². The lowest BCUT2D eigenvalue weighted by Gasteiger charge is -2.14.